The van der Waals surface area contributed by atoms with E-state index in [1.54, 1.807) is 19.2 Å². The minimum Gasteiger partial charge on any atom is -0.497 e. The van der Waals surface area contributed by atoms with Crippen molar-refractivity contribution in [3.05, 3.63) is 23.8 Å². The van der Waals surface area contributed by atoms with Gasteiger partial charge in [0.05, 0.1) is 7.11 Å². The van der Waals surface area contributed by atoms with Crippen LogP contribution in [0.1, 0.15) is 32.8 Å². The molecule has 0 amide bonds. The first-order valence-corrected chi connectivity index (χ1v) is 7.08. The van der Waals surface area contributed by atoms with E-state index in [2.05, 4.69) is 32.7 Å². The number of hydrogen-bond donors (Lipinski definition) is 2. The highest BCUT2D eigenvalue weighted by Gasteiger charge is 2.19. The van der Waals surface area contributed by atoms with Crippen molar-refractivity contribution >= 4 is 12.6 Å². The van der Waals surface area contributed by atoms with Gasteiger partial charge in [0, 0.05) is 12.6 Å². The van der Waals surface area contributed by atoms with Crippen molar-refractivity contribution in [3.63, 3.8) is 0 Å². The van der Waals surface area contributed by atoms with Gasteiger partial charge >= 0.3 is 7.12 Å². The van der Waals surface area contributed by atoms with Gasteiger partial charge in [-0.2, -0.15) is 0 Å². The Hall–Kier alpha value is -1.04. The van der Waals surface area contributed by atoms with Crippen LogP contribution in [-0.2, 0) is 6.54 Å². The summed E-state index contributed by atoms with van der Waals surface area (Å²) in [5.41, 5.74) is 1.42. The third kappa shape index (κ3) is 4.82. The maximum Gasteiger partial charge on any atom is 0.488 e. The lowest BCUT2D eigenvalue weighted by Crippen LogP contribution is -2.37. The van der Waals surface area contributed by atoms with Crippen LogP contribution in [0.2, 0.25) is 0 Å². The van der Waals surface area contributed by atoms with Gasteiger partial charge in [0.2, 0.25) is 0 Å². The minimum absolute atomic E-state index is 0.435. The molecule has 0 saturated carbocycles. The largest absolute Gasteiger partial charge is 0.497 e. The highest BCUT2D eigenvalue weighted by Crippen LogP contribution is 2.16. The standard InChI is InChI=1S/C15H26BNO3/c1-11(2)8-12(3)17(4)10-13-9-14(20-5)6-7-15(13)16(18)19/h6-7,9,11-12,18-19H,8,10H2,1-5H3. The first-order chi connectivity index (χ1) is 9.35. The third-order valence-electron chi connectivity index (χ3n) is 3.61. The summed E-state index contributed by atoms with van der Waals surface area (Å²) >= 11 is 0. The fourth-order valence-corrected chi connectivity index (χ4v) is 2.38. The molecule has 0 aliphatic heterocycles. The number of ether oxygens (including phenoxy) is 1. The van der Waals surface area contributed by atoms with Gasteiger partial charge in [0.25, 0.3) is 0 Å². The average Bonchev–Trinajstić information content (AvgIpc) is 2.37. The van der Waals surface area contributed by atoms with Crippen molar-refractivity contribution in [1.82, 2.24) is 4.90 Å². The molecule has 1 rings (SSSR count). The molecule has 0 heterocycles. The number of benzene rings is 1. The Morgan fingerprint density at radius 3 is 2.40 bits per heavy atom. The summed E-state index contributed by atoms with van der Waals surface area (Å²) in [5.74, 6) is 1.37. The molecular formula is C15H26BNO3. The van der Waals surface area contributed by atoms with Crippen LogP contribution in [0.25, 0.3) is 0 Å². The topological polar surface area (TPSA) is 52.9 Å². The molecule has 0 aliphatic rings. The number of nitrogens with zero attached hydrogens (tertiary/aromatic N) is 1. The molecule has 2 N–H and O–H groups in total. The molecule has 0 radical (unpaired) electrons. The van der Waals surface area contributed by atoms with Gasteiger partial charge in [0.1, 0.15) is 5.75 Å². The number of methoxy groups -OCH3 is 1. The van der Waals surface area contributed by atoms with Crippen LogP contribution in [-0.4, -0.2) is 42.3 Å². The van der Waals surface area contributed by atoms with Crippen LogP contribution in [0.15, 0.2) is 18.2 Å². The van der Waals surface area contributed by atoms with Crippen LogP contribution in [0, 0.1) is 5.92 Å². The zero-order valence-electron chi connectivity index (χ0n) is 13.1. The van der Waals surface area contributed by atoms with Crippen LogP contribution in [0.4, 0.5) is 0 Å². The summed E-state index contributed by atoms with van der Waals surface area (Å²) in [6.07, 6.45) is 1.11. The van der Waals surface area contributed by atoms with Gasteiger partial charge in [0.15, 0.2) is 0 Å². The van der Waals surface area contributed by atoms with Crippen LogP contribution in [0.5, 0.6) is 5.75 Å². The molecule has 5 heteroatoms. The zero-order valence-corrected chi connectivity index (χ0v) is 13.1. The first-order valence-electron chi connectivity index (χ1n) is 7.08. The molecule has 0 bridgehead atoms. The molecule has 0 aromatic heterocycles. The second-order valence-electron chi connectivity index (χ2n) is 5.83. The van der Waals surface area contributed by atoms with E-state index in [4.69, 9.17) is 4.74 Å². The van der Waals surface area contributed by atoms with E-state index in [-0.39, 0.29) is 0 Å². The average molecular weight is 279 g/mol. The highest BCUT2D eigenvalue weighted by molar-refractivity contribution is 6.59. The quantitative estimate of drug-likeness (QED) is 0.737. The lowest BCUT2D eigenvalue weighted by atomic mass is 9.76. The van der Waals surface area contributed by atoms with Crippen molar-refractivity contribution in [2.24, 2.45) is 5.92 Å². The van der Waals surface area contributed by atoms with E-state index in [1.165, 1.54) is 0 Å². The normalized spacial score (nSPS) is 12.8. The molecule has 0 spiro atoms. The summed E-state index contributed by atoms with van der Waals surface area (Å²) in [6, 6.07) is 5.76. The van der Waals surface area contributed by atoms with E-state index in [0.717, 1.165) is 17.7 Å². The predicted octanol–water partition coefficient (Wildman–Crippen LogP) is 1.24. The van der Waals surface area contributed by atoms with Crippen molar-refractivity contribution in [1.29, 1.82) is 0 Å². The van der Waals surface area contributed by atoms with Gasteiger partial charge in [-0.05, 0) is 49.5 Å². The molecule has 0 fully saturated rings. The SMILES string of the molecule is COc1ccc(B(O)O)c(CN(C)C(C)CC(C)C)c1. The van der Waals surface area contributed by atoms with Crippen molar-refractivity contribution in [2.75, 3.05) is 14.2 Å². The lowest BCUT2D eigenvalue weighted by Gasteiger charge is -2.27. The Morgan fingerprint density at radius 1 is 1.25 bits per heavy atom. The smallest absolute Gasteiger partial charge is 0.488 e. The molecule has 1 unspecified atom stereocenters. The van der Waals surface area contributed by atoms with Crippen molar-refractivity contribution < 1.29 is 14.8 Å². The summed E-state index contributed by atoms with van der Waals surface area (Å²) in [5, 5.41) is 18.9. The Morgan fingerprint density at radius 2 is 1.90 bits per heavy atom. The van der Waals surface area contributed by atoms with Crippen LogP contribution >= 0.6 is 0 Å². The fraction of sp³-hybridized carbons (Fsp3) is 0.600. The molecule has 1 aromatic rings. The summed E-state index contributed by atoms with van der Waals surface area (Å²) < 4.78 is 5.21. The van der Waals surface area contributed by atoms with Gasteiger partial charge < -0.3 is 14.8 Å². The Balaban J connectivity index is 2.88. The molecule has 112 valence electrons. The Bertz CT molecular complexity index is 424. The summed E-state index contributed by atoms with van der Waals surface area (Å²) in [7, 11) is 2.21. The molecule has 20 heavy (non-hydrogen) atoms. The van der Waals surface area contributed by atoms with Crippen LogP contribution < -0.4 is 10.2 Å². The molecule has 1 aromatic carbocycles. The second-order valence-corrected chi connectivity index (χ2v) is 5.83. The van der Waals surface area contributed by atoms with E-state index >= 15 is 0 Å². The fourth-order valence-electron chi connectivity index (χ4n) is 2.38. The van der Waals surface area contributed by atoms with E-state index in [9.17, 15) is 10.0 Å². The molecule has 0 aliphatic carbocycles. The van der Waals surface area contributed by atoms with E-state index in [0.29, 0.717) is 24.0 Å². The maximum atomic E-state index is 9.46. The van der Waals surface area contributed by atoms with E-state index in [1.807, 2.05) is 6.07 Å². The number of rotatable bonds is 7. The highest BCUT2D eigenvalue weighted by atomic mass is 16.5. The third-order valence-corrected chi connectivity index (χ3v) is 3.61. The maximum absolute atomic E-state index is 9.46. The molecule has 0 saturated heterocycles. The Kier molecular flexibility index (Phi) is 6.53. The summed E-state index contributed by atoms with van der Waals surface area (Å²) in [4.78, 5) is 2.22. The first kappa shape index (κ1) is 17.0. The van der Waals surface area contributed by atoms with Gasteiger partial charge in [-0.1, -0.05) is 19.9 Å². The number of hydrogen-bond acceptors (Lipinski definition) is 4. The molecule has 4 nitrogen and oxygen atoms in total. The second kappa shape index (κ2) is 7.67. The van der Waals surface area contributed by atoms with Gasteiger partial charge in [-0.15, -0.1) is 0 Å². The zero-order chi connectivity index (χ0) is 15.3. The van der Waals surface area contributed by atoms with Crippen LogP contribution in [0.3, 0.4) is 0 Å². The van der Waals surface area contributed by atoms with E-state index < -0.39 is 7.12 Å². The summed E-state index contributed by atoms with van der Waals surface area (Å²) in [6.45, 7) is 7.27. The molecule has 1 atom stereocenters. The Labute approximate surface area is 122 Å². The lowest BCUT2D eigenvalue weighted by molar-refractivity contribution is 0.220. The van der Waals surface area contributed by atoms with Gasteiger partial charge in [-0.3, -0.25) is 4.90 Å². The monoisotopic (exact) mass is 279 g/mol. The van der Waals surface area contributed by atoms with Crippen molar-refractivity contribution in [2.45, 2.75) is 39.8 Å². The van der Waals surface area contributed by atoms with Crippen molar-refractivity contribution in [3.8, 4) is 5.75 Å². The predicted molar refractivity (Wildman–Crippen MR) is 83.2 cm³/mol. The van der Waals surface area contributed by atoms with Gasteiger partial charge in [-0.25, -0.2) is 0 Å². The minimum atomic E-state index is -1.45. The molecular weight excluding hydrogens is 253 g/mol.